The third-order valence-corrected chi connectivity index (χ3v) is 7.95. The van der Waals surface area contributed by atoms with Gasteiger partial charge in [0.05, 0.1) is 71.8 Å². The molecule has 0 saturated heterocycles. The minimum atomic E-state index is -0.709. The summed E-state index contributed by atoms with van der Waals surface area (Å²) in [6, 6.07) is 6.63. The second-order valence-corrected chi connectivity index (χ2v) is 11.5. The van der Waals surface area contributed by atoms with E-state index < -0.39 is 23.9 Å². The van der Waals surface area contributed by atoms with Gasteiger partial charge in [0, 0.05) is 0 Å². The van der Waals surface area contributed by atoms with Crippen LogP contribution in [0.3, 0.4) is 0 Å². The number of nitrogens with zero attached hydrogens (tertiary/aromatic N) is 2. The molecule has 256 valence electrons. The Bertz CT molecular complexity index is 1860. The van der Waals surface area contributed by atoms with Crippen LogP contribution in [0.4, 0.5) is 0 Å². The van der Waals surface area contributed by atoms with Crippen LogP contribution < -0.4 is 0 Å². The van der Waals surface area contributed by atoms with Crippen molar-refractivity contribution in [1.29, 1.82) is 0 Å². The summed E-state index contributed by atoms with van der Waals surface area (Å²) in [5.41, 5.74) is 2.64. The summed E-state index contributed by atoms with van der Waals surface area (Å²) < 4.78 is 22.0. The molecule has 5 rings (SSSR count). The van der Waals surface area contributed by atoms with Crippen LogP contribution in [0.5, 0.6) is 0 Å². The molecule has 0 amide bonds. The van der Waals surface area contributed by atoms with E-state index in [4.69, 9.17) is 18.9 Å². The summed E-state index contributed by atoms with van der Waals surface area (Å²) in [4.78, 5) is 69.8. The molecule has 2 N–H and O–H groups in total. The van der Waals surface area contributed by atoms with Crippen molar-refractivity contribution in [2.24, 2.45) is 0 Å². The first-order valence-corrected chi connectivity index (χ1v) is 16.6. The lowest BCUT2D eigenvalue weighted by Gasteiger charge is -2.06. The lowest BCUT2D eigenvalue weighted by molar-refractivity contribution is 0.0491. The Hall–Kier alpha value is -5.52. The van der Waals surface area contributed by atoms with Gasteiger partial charge in [0.2, 0.25) is 0 Å². The first-order chi connectivity index (χ1) is 23.8. The fraction of sp³-hybridized carbons (Fsp3) is 0.351. The van der Waals surface area contributed by atoms with E-state index in [1.54, 1.807) is 48.6 Å². The maximum atomic E-state index is 13.7. The highest BCUT2D eigenvalue weighted by Crippen LogP contribution is 2.28. The lowest BCUT2D eigenvalue weighted by Crippen LogP contribution is -2.10. The number of fused-ring (bicyclic) bond motifs is 8. The Morgan fingerprint density at radius 2 is 0.837 bits per heavy atom. The number of unbranched alkanes of at least 4 members (excludes halogenated alkanes) is 3. The van der Waals surface area contributed by atoms with Crippen molar-refractivity contribution in [2.75, 3.05) is 26.9 Å². The van der Waals surface area contributed by atoms with Crippen LogP contribution in [0.25, 0.3) is 46.4 Å². The van der Waals surface area contributed by atoms with Crippen molar-refractivity contribution in [1.82, 2.24) is 19.9 Å². The highest BCUT2D eigenvalue weighted by molar-refractivity contribution is 6.08. The SMILES string of the molecule is CCCCOC(=O)c1c2nc(c(C(=O)OC)c3nc(c(C(=O)OCCCC)c4ccc([nH]4)c(C(=O)OCCCC)c4ccc1[nH]4)C=C3)C=C2. The van der Waals surface area contributed by atoms with E-state index in [0.29, 0.717) is 41.3 Å². The summed E-state index contributed by atoms with van der Waals surface area (Å²) in [6.07, 6.45) is 10.9. The van der Waals surface area contributed by atoms with Crippen LogP contribution in [0.1, 0.15) is 124 Å². The lowest BCUT2D eigenvalue weighted by atomic mass is 10.1. The highest BCUT2D eigenvalue weighted by Gasteiger charge is 2.25. The molecule has 0 fully saturated rings. The third kappa shape index (κ3) is 7.64. The Labute approximate surface area is 283 Å². The van der Waals surface area contributed by atoms with Crippen molar-refractivity contribution in [3.05, 3.63) is 69.3 Å². The van der Waals surface area contributed by atoms with Crippen molar-refractivity contribution >= 4 is 70.2 Å². The fourth-order valence-corrected chi connectivity index (χ4v) is 5.31. The molecule has 0 atom stereocenters. The van der Waals surface area contributed by atoms with Crippen molar-refractivity contribution in [2.45, 2.75) is 59.3 Å². The van der Waals surface area contributed by atoms with Crippen molar-refractivity contribution in [3.8, 4) is 0 Å². The number of H-pyrrole nitrogens is 2. The third-order valence-electron chi connectivity index (χ3n) is 7.95. The second-order valence-electron chi connectivity index (χ2n) is 11.5. The summed E-state index contributed by atoms with van der Waals surface area (Å²) >= 11 is 0. The standard InChI is InChI=1S/C37H40N4O8/c1-5-8-19-47-35(43)31-24-13-11-22(38-24)30(34(42)46-4)23-12-14-25(39-23)32(36(44)48-20-9-6-2)27-16-18-29(41-27)33(28-17-15-26(31)40-28)37(45)49-21-10-7-3/h11-18,40-41H,5-10,19-21H2,1-4H3. The first-order valence-electron chi connectivity index (χ1n) is 16.6. The number of ether oxygens (including phenoxy) is 4. The molecule has 0 unspecified atom stereocenters. The monoisotopic (exact) mass is 668 g/mol. The van der Waals surface area contributed by atoms with Gasteiger partial charge < -0.3 is 28.9 Å². The number of rotatable bonds is 13. The number of hydrogen-bond donors (Lipinski definition) is 2. The van der Waals surface area contributed by atoms with E-state index >= 15 is 0 Å². The van der Waals surface area contributed by atoms with E-state index in [2.05, 4.69) is 19.9 Å². The molecular weight excluding hydrogens is 628 g/mol. The van der Waals surface area contributed by atoms with Crippen molar-refractivity contribution in [3.63, 3.8) is 0 Å². The molecule has 0 aromatic carbocycles. The summed E-state index contributed by atoms with van der Waals surface area (Å²) in [5.74, 6) is -2.57. The average Bonchev–Trinajstić information content (AvgIpc) is 3.92. The van der Waals surface area contributed by atoms with E-state index in [9.17, 15) is 19.2 Å². The zero-order valence-corrected chi connectivity index (χ0v) is 28.1. The molecule has 2 aliphatic heterocycles. The Balaban J connectivity index is 1.90. The van der Waals surface area contributed by atoms with Crippen LogP contribution in [0.15, 0.2) is 24.3 Å². The van der Waals surface area contributed by atoms with Crippen molar-refractivity contribution < 1.29 is 38.1 Å². The maximum Gasteiger partial charge on any atom is 0.342 e. The first kappa shape index (κ1) is 34.8. The molecular formula is C37H40N4O8. The fourth-order valence-electron chi connectivity index (χ4n) is 5.31. The average molecular weight is 669 g/mol. The van der Waals surface area contributed by atoms with Crippen LogP contribution in [-0.2, 0) is 18.9 Å². The van der Waals surface area contributed by atoms with Gasteiger partial charge in [-0.25, -0.2) is 29.1 Å². The minimum absolute atomic E-state index is 0.0364. The second kappa shape index (κ2) is 16.1. The van der Waals surface area contributed by atoms with Gasteiger partial charge in [0.1, 0.15) is 22.3 Å². The number of aromatic amines is 2. The van der Waals surface area contributed by atoms with Gasteiger partial charge in [-0.3, -0.25) is 0 Å². The van der Waals surface area contributed by atoms with E-state index in [-0.39, 0.29) is 64.9 Å². The topological polar surface area (TPSA) is 163 Å². The quantitative estimate of drug-likeness (QED) is 0.0739. The largest absolute Gasteiger partial charge is 0.465 e. The predicted octanol–water partition coefficient (Wildman–Crippen LogP) is 7.31. The number of methoxy groups -OCH3 is 1. The smallest absolute Gasteiger partial charge is 0.342 e. The van der Waals surface area contributed by atoms with Gasteiger partial charge in [-0.15, -0.1) is 0 Å². The molecule has 0 aliphatic carbocycles. The Morgan fingerprint density at radius 3 is 1.18 bits per heavy atom. The normalized spacial score (nSPS) is 11.8. The molecule has 12 heteroatoms. The molecule has 49 heavy (non-hydrogen) atoms. The summed E-state index contributed by atoms with van der Waals surface area (Å²) in [6.45, 7) is 6.58. The number of carbonyl (C=O) groups excluding carboxylic acids is 4. The van der Waals surface area contributed by atoms with Gasteiger partial charge in [-0.05, 0) is 67.8 Å². The number of esters is 4. The molecule has 5 heterocycles. The Morgan fingerprint density at radius 1 is 0.510 bits per heavy atom. The maximum absolute atomic E-state index is 13.7. The van der Waals surface area contributed by atoms with Crippen LogP contribution in [0.2, 0.25) is 0 Å². The van der Waals surface area contributed by atoms with Gasteiger partial charge in [-0.2, -0.15) is 0 Å². The van der Waals surface area contributed by atoms with Crippen LogP contribution in [0, 0.1) is 0 Å². The van der Waals surface area contributed by atoms with Gasteiger partial charge in [-0.1, -0.05) is 40.0 Å². The minimum Gasteiger partial charge on any atom is -0.465 e. The molecule has 3 aromatic rings. The zero-order chi connectivity index (χ0) is 34.9. The molecule has 0 saturated carbocycles. The van der Waals surface area contributed by atoms with E-state index in [0.717, 1.165) is 19.3 Å². The Kier molecular flexibility index (Phi) is 11.4. The number of hydrogen-bond acceptors (Lipinski definition) is 10. The summed E-state index contributed by atoms with van der Waals surface area (Å²) in [5, 5.41) is 0. The number of carbonyl (C=O) groups is 4. The molecule has 3 aromatic heterocycles. The van der Waals surface area contributed by atoms with Gasteiger partial charge in [0.25, 0.3) is 0 Å². The molecule has 0 spiro atoms. The van der Waals surface area contributed by atoms with Gasteiger partial charge in [0.15, 0.2) is 0 Å². The molecule has 0 radical (unpaired) electrons. The van der Waals surface area contributed by atoms with E-state index in [1.807, 2.05) is 20.8 Å². The van der Waals surface area contributed by atoms with Crippen LogP contribution in [-0.4, -0.2) is 70.7 Å². The predicted molar refractivity (Wildman–Crippen MR) is 186 cm³/mol. The zero-order valence-electron chi connectivity index (χ0n) is 28.1. The van der Waals surface area contributed by atoms with Gasteiger partial charge >= 0.3 is 23.9 Å². The molecule has 2 aliphatic rings. The summed E-state index contributed by atoms with van der Waals surface area (Å²) in [7, 11) is 1.25. The number of nitrogens with one attached hydrogen (secondary N) is 2. The molecule has 12 nitrogen and oxygen atoms in total. The highest BCUT2D eigenvalue weighted by atomic mass is 16.5. The number of aromatic nitrogens is 4. The van der Waals surface area contributed by atoms with Crippen LogP contribution >= 0.6 is 0 Å². The molecule has 8 bridgehead atoms. The van der Waals surface area contributed by atoms with E-state index in [1.165, 1.54) is 7.11 Å².